The lowest BCUT2D eigenvalue weighted by Gasteiger charge is -2.23. The van der Waals surface area contributed by atoms with Gasteiger partial charge in [0, 0.05) is 18.7 Å². The lowest BCUT2D eigenvalue weighted by Crippen LogP contribution is -2.24. The molecule has 0 radical (unpaired) electrons. The van der Waals surface area contributed by atoms with Crippen LogP contribution in [0.4, 0.5) is 11.5 Å². The molecule has 0 saturated carbocycles. The first-order valence-corrected chi connectivity index (χ1v) is 10.3. The van der Waals surface area contributed by atoms with E-state index in [0.29, 0.717) is 35.6 Å². The summed E-state index contributed by atoms with van der Waals surface area (Å²) in [5.41, 5.74) is 3.55. The first kappa shape index (κ1) is 22.2. The van der Waals surface area contributed by atoms with E-state index in [1.54, 1.807) is 6.07 Å². The number of aromatic carboxylic acids is 1. The maximum Gasteiger partial charge on any atom is 0.356 e. The number of aromatic nitrogens is 3. The van der Waals surface area contributed by atoms with E-state index in [-0.39, 0.29) is 22.6 Å². The zero-order valence-electron chi connectivity index (χ0n) is 17.8. The number of benzene rings is 1. The third-order valence-corrected chi connectivity index (χ3v) is 5.21. The maximum atomic E-state index is 11.6. The van der Waals surface area contributed by atoms with Crippen LogP contribution >= 0.6 is 11.6 Å². The van der Waals surface area contributed by atoms with Gasteiger partial charge in [0.15, 0.2) is 17.2 Å². The highest BCUT2D eigenvalue weighted by Gasteiger charge is 2.20. The van der Waals surface area contributed by atoms with Crippen LogP contribution in [0.5, 0.6) is 0 Å². The van der Waals surface area contributed by atoms with E-state index in [1.807, 2.05) is 44.7 Å². The van der Waals surface area contributed by atoms with Gasteiger partial charge in [-0.3, -0.25) is 0 Å². The number of nitrogens with zero attached hydrogens (tertiary/aromatic N) is 5. The molecule has 2 aromatic heterocycles. The van der Waals surface area contributed by atoms with Crippen LogP contribution in [-0.4, -0.2) is 39.1 Å². The topological polar surface area (TPSA) is 115 Å². The van der Waals surface area contributed by atoms with Crippen LogP contribution in [0.3, 0.4) is 0 Å². The van der Waals surface area contributed by atoms with Crippen molar-refractivity contribution in [2.45, 2.75) is 33.7 Å². The van der Waals surface area contributed by atoms with Gasteiger partial charge in [-0.05, 0) is 51.5 Å². The molecule has 9 heteroatoms. The molecule has 0 aliphatic heterocycles. The highest BCUT2D eigenvalue weighted by molar-refractivity contribution is 6.29. The second kappa shape index (κ2) is 9.14. The normalized spacial score (nSPS) is 11.7. The summed E-state index contributed by atoms with van der Waals surface area (Å²) in [6.07, 6.45) is 0. The highest BCUT2D eigenvalue weighted by Crippen LogP contribution is 2.30. The molecule has 3 rings (SSSR count). The summed E-state index contributed by atoms with van der Waals surface area (Å²) < 4.78 is 0. The Bertz CT molecular complexity index is 1190. The number of aryl methyl sites for hydroxylation is 1. The number of carboxylic acid groups (broad SMARTS) is 1. The summed E-state index contributed by atoms with van der Waals surface area (Å²) in [5, 5.41) is 22.4. The van der Waals surface area contributed by atoms with Gasteiger partial charge in [0.2, 0.25) is 0 Å². The van der Waals surface area contributed by atoms with Crippen LogP contribution in [0.2, 0.25) is 5.15 Å². The van der Waals surface area contributed by atoms with E-state index >= 15 is 0 Å². The van der Waals surface area contributed by atoms with Crippen LogP contribution < -0.4 is 10.2 Å². The number of nitrogens with one attached hydrogen (secondary N) is 1. The molecule has 3 aromatic rings. The zero-order chi connectivity index (χ0) is 22.7. The fourth-order valence-corrected chi connectivity index (χ4v) is 3.65. The van der Waals surface area contributed by atoms with Crippen molar-refractivity contribution in [3.8, 4) is 6.07 Å². The minimum absolute atomic E-state index is 0.107. The van der Waals surface area contributed by atoms with E-state index in [9.17, 15) is 15.2 Å². The van der Waals surface area contributed by atoms with Gasteiger partial charge in [-0.15, -0.1) is 0 Å². The number of anilines is 2. The monoisotopic (exact) mass is 438 g/mol. The van der Waals surface area contributed by atoms with Gasteiger partial charge in [0.1, 0.15) is 11.2 Å². The molecular formula is C22H23ClN6O2. The van der Waals surface area contributed by atoms with E-state index in [0.717, 1.165) is 11.1 Å². The van der Waals surface area contributed by atoms with Gasteiger partial charge in [0.25, 0.3) is 0 Å². The number of fused-ring (bicyclic) bond motifs is 1. The SMILES string of the molecule is CCN(CC)c1nc2c([C@@H](C)Nc3ccc(Cl)nc3C(=O)O)cc(C)cc2nc1C#N. The molecule has 2 heterocycles. The molecule has 0 bridgehead atoms. The number of rotatable bonds is 7. The molecule has 160 valence electrons. The lowest BCUT2D eigenvalue weighted by atomic mass is 10.0. The Labute approximate surface area is 185 Å². The second-order valence-electron chi connectivity index (χ2n) is 7.10. The Morgan fingerprint density at radius 2 is 1.97 bits per heavy atom. The summed E-state index contributed by atoms with van der Waals surface area (Å²) in [6.45, 7) is 9.23. The average Bonchev–Trinajstić information content (AvgIpc) is 2.74. The summed E-state index contributed by atoms with van der Waals surface area (Å²) in [4.78, 5) is 26.9. The van der Waals surface area contributed by atoms with Crippen molar-refractivity contribution in [2.75, 3.05) is 23.3 Å². The summed E-state index contributed by atoms with van der Waals surface area (Å²) in [7, 11) is 0. The standard InChI is InChI=1S/C22H23ClN6O2/c1-5-29(6-2)21-17(11-24)26-16-10-12(3)9-14(19(16)28-21)13(4)25-15-7-8-18(23)27-20(15)22(30)31/h7-10,13,25H,5-6H2,1-4H3,(H,30,31)/t13-/m1/s1. The summed E-state index contributed by atoms with van der Waals surface area (Å²) >= 11 is 5.86. The Kier molecular flexibility index (Phi) is 6.56. The van der Waals surface area contributed by atoms with Crippen LogP contribution in [-0.2, 0) is 0 Å². The van der Waals surface area contributed by atoms with E-state index in [2.05, 4.69) is 21.4 Å². The fourth-order valence-electron chi connectivity index (χ4n) is 3.50. The molecule has 0 amide bonds. The fraction of sp³-hybridized carbons (Fsp3) is 0.318. The lowest BCUT2D eigenvalue weighted by molar-refractivity contribution is 0.0691. The number of nitriles is 1. The molecular weight excluding hydrogens is 416 g/mol. The quantitative estimate of drug-likeness (QED) is 0.515. The van der Waals surface area contributed by atoms with Crippen LogP contribution in [0, 0.1) is 18.3 Å². The average molecular weight is 439 g/mol. The first-order chi connectivity index (χ1) is 14.8. The van der Waals surface area contributed by atoms with Gasteiger partial charge >= 0.3 is 5.97 Å². The minimum atomic E-state index is -1.17. The number of carboxylic acids is 1. The Hall–Kier alpha value is -3.44. The van der Waals surface area contributed by atoms with Gasteiger partial charge in [0.05, 0.1) is 22.8 Å². The molecule has 0 spiro atoms. The number of carbonyl (C=O) groups is 1. The zero-order valence-corrected chi connectivity index (χ0v) is 18.5. The van der Waals surface area contributed by atoms with Gasteiger partial charge in [-0.1, -0.05) is 17.7 Å². The van der Waals surface area contributed by atoms with E-state index in [4.69, 9.17) is 16.6 Å². The summed E-state index contributed by atoms with van der Waals surface area (Å²) in [6, 6.07) is 8.84. The predicted molar refractivity (Wildman–Crippen MR) is 121 cm³/mol. The van der Waals surface area contributed by atoms with Gasteiger partial charge in [-0.25, -0.2) is 19.7 Å². The van der Waals surface area contributed by atoms with Crippen molar-refractivity contribution >= 4 is 40.1 Å². The molecule has 31 heavy (non-hydrogen) atoms. The van der Waals surface area contributed by atoms with Crippen LogP contribution in [0.25, 0.3) is 11.0 Å². The predicted octanol–water partition coefficient (Wildman–Crippen LogP) is 4.58. The Morgan fingerprint density at radius 3 is 2.58 bits per heavy atom. The maximum absolute atomic E-state index is 11.6. The first-order valence-electron chi connectivity index (χ1n) is 9.92. The number of hydrogen-bond donors (Lipinski definition) is 2. The van der Waals surface area contributed by atoms with E-state index < -0.39 is 5.97 Å². The number of halogens is 1. The molecule has 0 saturated heterocycles. The molecule has 1 atom stereocenters. The van der Waals surface area contributed by atoms with Gasteiger partial charge in [-0.2, -0.15) is 5.26 Å². The van der Waals surface area contributed by atoms with Crippen molar-refractivity contribution in [3.05, 3.63) is 51.9 Å². The van der Waals surface area contributed by atoms with Crippen molar-refractivity contribution in [1.29, 1.82) is 5.26 Å². The van der Waals surface area contributed by atoms with Crippen molar-refractivity contribution in [3.63, 3.8) is 0 Å². The second-order valence-corrected chi connectivity index (χ2v) is 7.49. The van der Waals surface area contributed by atoms with Crippen LogP contribution in [0.1, 0.15) is 54.1 Å². The third kappa shape index (κ3) is 4.52. The largest absolute Gasteiger partial charge is 0.476 e. The number of pyridine rings is 1. The van der Waals surface area contributed by atoms with Crippen molar-refractivity contribution in [1.82, 2.24) is 15.0 Å². The third-order valence-electron chi connectivity index (χ3n) is 5.00. The minimum Gasteiger partial charge on any atom is -0.476 e. The molecule has 0 fully saturated rings. The van der Waals surface area contributed by atoms with E-state index in [1.165, 1.54) is 6.07 Å². The number of hydrogen-bond acceptors (Lipinski definition) is 7. The summed E-state index contributed by atoms with van der Waals surface area (Å²) in [5.74, 6) is -0.634. The molecule has 8 nitrogen and oxygen atoms in total. The van der Waals surface area contributed by atoms with Crippen LogP contribution in [0.15, 0.2) is 24.3 Å². The molecule has 0 aliphatic rings. The molecule has 2 N–H and O–H groups in total. The Morgan fingerprint density at radius 1 is 1.26 bits per heavy atom. The smallest absolute Gasteiger partial charge is 0.356 e. The molecule has 0 aliphatic carbocycles. The van der Waals surface area contributed by atoms with Crippen molar-refractivity contribution in [2.24, 2.45) is 0 Å². The molecule has 1 aromatic carbocycles. The highest BCUT2D eigenvalue weighted by atomic mass is 35.5. The van der Waals surface area contributed by atoms with Crippen molar-refractivity contribution < 1.29 is 9.90 Å². The Balaban J connectivity index is 2.14. The van der Waals surface area contributed by atoms with Gasteiger partial charge < -0.3 is 15.3 Å². The molecule has 0 unspecified atom stereocenters.